The molecule has 4 heterocycles. The molecule has 38 heavy (non-hydrogen) atoms. The molecule has 4 aromatic carbocycles. The van der Waals surface area contributed by atoms with E-state index in [1.54, 1.807) is 16.5 Å². The van der Waals surface area contributed by atoms with Crippen molar-refractivity contribution in [2.24, 2.45) is 0 Å². The molecule has 1 fully saturated rings. The van der Waals surface area contributed by atoms with Crippen LogP contribution in [0.5, 0.6) is 0 Å². The number of para-hydroxylation sites is 1. The minimum absolute atomic E-state index is 0.0473. The zero-order valence-corrected chi connectivity index (χ0v) is 23.0. The van der Waals surface area contributed by atoms with Crippen LogP contribution in [0.1, 0.15) is 65.0 Å². The average molecular weight is 492 g/mol. The minimum atomic E-state index is 0.0473. The van der Waals surface area contributed by atoms with Gasteiger partial charge in [-0.3, -0.25) is 0 Å². The van der Waals surface area contributed by atoms with Gasteiger partial charge in [0, 0.05) is 33.9 Å². The molecule has 2 atom stereocenters. The minimum Gasteiger partial charge on any atom is -0.335 e. The molecule has 0 amide bonds. The third kappa shape index (κ3) is 2.12. The fraction of sp³-hybridized carbons (Fsp3) is 0.314. The Hall–Kier alpha value is -3.46. The number of benzene rings is 4. The zero-order chi connectivity index (χ0) is 25.8. The summed E-state index contributed by atoms with van der Waals surface area (Å²) in [5.41, 5.74) is 17.9. The van der Waals surface area contributed by atoms with Gasteiger partial charge in [-0.2, -0.15) is 0 Å². The van der Waals surface area contributed by atoms with Crippen LogP contribution >= 0.6 is 0 Å². The van der Waals surface area contributed by atoms with E-state index in [0.29, 0.717) is 6.71 Å². The Morgan fingerprint density at radius 1 is 0.737 bits per heavy atom. The van der Waals surface area contributed by atoms with Gasteiger partial charge in [0.1, 0.15) is 0 Å². The molecule has 2 nitrogen and oxygen atoms in total. The van der Waals surface area contributed by atoms with Crippen LogP contribution in [0, 0.1) is 0 Å². The van der Waals surface area contributed by atoms with Crippen LogP contribution in [-0.4, -0.2) is 12.3 Å². The fourth-order valence-corrected chi connectivity index (χ4v) is 9.23. The number of hydrogen-bond donors (Lipinski definition) is 0. The molecular formula is C35H33BN2. The van der Waals surface area contributed by atoms with E-state index in [9.17, 15) is 0 Å². The first-order valence-electron chi connectivity index (χ1n) is 14.4. The maximum atomic E-state index is 2.85. The normalized spacial score (nSPS) is 24.7. The van der Waals surface area contributed by atoms with E-state index >= 15 is 0 Å². The molecule has 186 valence electrons. The first-order valence-corrected chi connectivity index (χ1v) is 14.4. The summed E-state index contributed by atoms with van der Waals surface area (Å²) in [6.07, 6.45) is 3.80. The summed E-state index contributed by atoms with van der Waals surface area (Å²) in [5.74, 6) is 0. The van der Waals surface area contributed by atoms with E-state index in [4.69, 9.17) is 0 Å². The highest BCUT2D eigenvalue weighted by atomic mass is 15.3. The Labute approximate surface area is 226 Å². The molecule has 9 rings (SSSR count). The number of rotatable bonds is 1. The van der Waals surface area contributed by atoms with Gasteiger partial charge in [0.2, 0.25) is 0 Å². The first-order chi connectivity index (χ1) is 18.3. The van der Waals surface area contributed by atoms with Crippen LogP contribution in [0.15, 0.2) is 72.8 Å². The van der Waals surface area contributed by atoms with Gasteiger partial charge >= 0.3 is 0 Å². The maximum absolute atomic E-state index is 2.85. The topological polar surface area (TPSA) is 6.48 Å². The lowest BCUT2D eigenvalue weighted by Gasteiger charge is -2.47. The molecule has 4 aliphatic heterocycles. The van der Waals surface area contributed by atoms with Crippen molar-refractivity contribution in [3.63, 3.8) is 0 Å². The molecule has 0 saturated heterocycles. The molecule has 0 N–H and O–H groups in total. The second-order valence-corrected chi connectivity index (χ2v) is 13.7. The van der Waals surface area contributed by atoms with Crippen molar-refractivity contribution in [1.29, 1.82) is 0 Å². The van der Waals surface area contributed by atoms with Crippen LogP contribution in [-0.2, 0) is 10.8 Å². The monoisotopic (exact) mass is 492 g/mol. The Bertz CT molecular complexity index is 1730. The summed E-state index contributed by atoms with van der Waals surface area (Å²) in [4.78, 5) is 5.42. The van der Waals surface area contributed by atoms with Gasteiger partial charge < -0.3 is 9.80 Å². The number of anilines is 5. The van der Waals surface area contributed by atoms with E-state index in [2.05, 4.69) is 117 Å². The zero-order valence-electron chi connectivity index (χ0n) is 23.0. The summed E-state index contributed by atoms with van der Waals surface area (Å²) in [5, 5.41) is 0. The fourth-order valence-electron chi connectivity index (χ4n) is 9.23. The molecule has 5 aliphatic rings. The van der Waals surface area contributed by atoms with Gasteiger partial charge in [0.05, 0.1) is 5.54 Å². The lowest BCUT2D eigenvalue weighted by molar-refractivity contribution is 0.326. The second-order valence-electron chi connectivity index (χ2n) is 13.7. The Morgan fingerprint density at radius 2 is 1.42 bits per heavy atom. The highest BCUT2D eigenvalue weighted by Crippen LogP contribution is 2.65. The van der Waals surface area contributed by atoms with E-state index in [1.165, 1.54) is 69.9 Å². The SMILES string of the molecule is CC(C)(C)c1cc2c3c4c1C1(C)CCCC1(C)N4c1cccc4c1B3c1c-4cccc1N2c1ccccc1. The Morgan fingerprint density at radius 3 is 2.13 bits per heavy atom. The molecule has 3 heteroatoms. The van der Waals surface area contributed by atoms with Crippen LogP contribution in [0.25, 0.3) is 11.1 Å². The van der Waals surface area contributed by atoms with Crippen molar-refractivity contribution in [2.75, 3.05) is 9.80 Å². The summed E-state index contributed by atoms with van der Waals surface area (Å²) in [7, 11) is 0. The highest BCUT2D eigenvalue weighted by Gasteiger charge is 2.65. The van der Waals surface area contributed by atoms with Gasteiger partial charge in [0.25, 0.3) is 6.71 Å². The van der Waals surface area contributed by atoms with E-state index in [-0.39, 0.29) is 16.4 Å². The molecule has 0 bridgehead atoms. The quantitative estimate of drug-likeness (QED) is 0.230. The van der Waals surface area contributed by atoms with Gasteiger partial charge in [0.15, 0.2) is 0 Å². The van der Waals surface area contributed by atoms with E-state index in [1.807, 2.05) is 0 Å². The third-order valence-electron chi connectivity index (χ3n) is 11.0. The standard InChI is InChI=1S/C35H33BN2/c1-33(2,3)24-20-27-31-32-28(24)34(4)18-11-19-35(34,5)38(32)26-17-10-15-23-22-14-9-16-25(29(22)36(31)30(23)26)37(27)21-12-7-6-8-13-21/h6-10,12-17,20H,11,18-19H2,1-5H3. The van der Waals surface area contributed by atoms with Crippen molar-refractivity contribution >= 4 is 51.5 Å². The van der Waals surface area contributed by atoms with E-state index < -0.39 is 0 Å². The Kier molecular flexibility index (Phi) is 3.61. The van der Waals surface area contributed by atoms with Crippen LogP contribution < -0.4 is 26.2 Å². The molecule has 0 aromatic heterocycles. The van der Waals surface area contributed by atoms with Crippen molar-refractivity contribution in [2.45, 2.75) is 70.3 Å². The van der Waals surface area contributed by atoms with Gasteiger partial charge in [-0.15, -0.1) is 0 Å². The predicted molar refractivity (Wildman–Crippen MR) is 162 cm³/mol. The van der Waals surface area contributed by atoms with Gasteiger partial charge in [-0.25, -0.2) is 0 Å². The molecule has 2 unspecified atom stereocenters. The number of hydrogen-bond acceptors (Lipinski definition) is 2. The lowest BCUT2D eigenvalue weighted by atomic mass is 9.35. The third-order valence-corrected chi connectivity index (χ3v) is 11.0. The first kappa shape index (κ1) is 21.5. The average Bonchev–Trinajstić information content (AvgIpc) is 3.47. The molecule has 0 spiro atoms. The molecule has 0 radical (unpaired) electrons. The summed E-state index contributed by atoms with van der Waals surface area (Å²) < 4.78 is 0. The lowest BCUT2D eigenvalue weighted by Crippen LogP contribution is -2.61. The van der Waals surface area contributed by atoms with Crippen molar-refractivity contribution in [3.05, 3.63) is 83.9 Å². The molecule has 1 saturated carbocycles. The maximum Gasteiger partial charge on any atom is 0.253 e. The number of fused-ring (bicyclic) bond motifs is 5. The largest absolute Gasteiger partial charge is 0.335 e. The van der Waals surface area contributed by atoms with Gasteiger partial charge in [-0.1, -0.05) is 76.6 Å². The Balaban J connectivity index is 1.52. The molecule has 4 aromatic rings. The van der Waals surface area contributed by atoms with Gasteiger partial charge in [-0.05, 0) is 94.2 Å². The highest BCUT2D eigenvalue weighted by molar-refractivity contribution is 7.03. The van der Waals surface area contributed by atoms with Crippen molar-refractivity contribution < 1.29 is 0 Å². The summed E-state index contributed by atoms with van der Waals surface area (Å²) in [6.45, 7) is 12.7. The van der Waals surface area contributed by atoms with Crippen molar-refractivity contribution in [1.82, 2.24) is 0 Å². The number of nitrogens with zero attached hydrogens (tertiary/aromatic N) is 2. The summed E-state index contributed by atoms with van der Waals surface area (Å²) >= 11 is 0. The van der Waals surface area contributed by atoms with Crippen LogP contribution in [0.2, 0.25) is 0 Å². The predicted octanol–water partition coefficient (Wildman–Crippen LogP) is 6.93. The van der Waals surface area contributed by atoms with Crippen LogP contribution in [0.4, 0.5) is 28.4 Å². The van der Waals surface area contributed by atoms with Crippen LogP contribution in [0.3, 0.4) is 0 Å². The second kappa shape index (κ2) is 6.39. The molecular weight excluding hydrogens is 459 g/mol. The van der Waals surface area contributed by atoms with E-state index in [0.717, 1.165) is 0 Å². The smallest absolute Gasteiger partial charge is 0.253 e. The molecule has 1 aliphatic carbocycles. The summed E-state index contributed by atoms with van der Waals surface area (Å²) in [6, 6.07) is 27.8. The van der Waals surface area contributed by atoms with Crippen molar-refractivity contribution in [3.8, 4) is 11.1 Å².